The molecule has 0 atom stereocenters. The van der Waals surface area contributed by atoms with Gasteiger partial charge in [-0.25, -0.2) is 19.0 Å². The van der Waals surface area contributed by atoms with E-state index in [2.05, 4.69) is 9.83 Å². The lowest BCUT2D eigenvalue weighted by Gasteiger charge is -2.10. The van der Waals surface area contributed by atoms with Crippen molar-refractivity contribution in [2.24, 2.45) is 0 Å². The Bertz CT molecular complexity index is 1250. The number of nitrogens with zero attached hydrogens (tertiary/aromatic N) is 3. The number of carboxylic acid groups (broad SMARTS) is 1. The molecule has 0 aliphatic carbocycles. The molecule has 1 aromatic heterocycles. The van der Waals surface area contributed by atoms with Gasteiger partial charge in [-0.15, -0.1) is 0 Å². The molecule has 0 unspecified atom stereocenters. The van der Waals surface area contributed by atoms with Crippen molar-refractivity contribution in [2.75, 3.05) is 0 Å². The molecule has 6 heteroatoms. The van der Waals surface area contributed by atoms with E-state index in [4.69, 9.17) is 6.57 Å². The summed E-state index contributed by atoms with van der Waals surface area (Å²) in [6.07, 6.45) is 0.358. The summed E-state index contributed by atoms with van der Waals surface area (Å²) >= 11 is 0. The van der Waals surface area contributed by atoms with E-state index in [1.54, 1.807) is 42.5 Å². The summed E-state index contributed by atoms with van der Waals surface area (Å²) in [5.74, 6) is -0.721. The average Bonchev–Trinajstić information content (AvgIpc) is 3.04. The van der Waals surface area contributed by atoms with E-state index >= 15 is 0 Å². The summed E-state index contributed by atoms with van der Waals surface area (Å²) in [6.45, 7) is 7.21. The van der Waals surface area contributed by atoms with Gasteiger partial charge < -0.3 is 5.11 Å². The Labute approximate surface area is 160 Å². The lowest BCUT2D eigenvalue weighted by atomic mass is 10.1. The lowest BCUT2D eigenvalue weighted by Crippen LogP contribution is -2.04. The first-order valence-electron chi connectivity index (χ1n) is 8.52. The Morgan fingerprint density at radius 1 is 1.11 bits per heavy atom. The van der Waals surface area contributed by atoms with Crippen LogP contribution in [-0.4, -0.2) is 20.6 Å². The molecule has 28 heavy (non-hydrogen) atoms. The molecule has 0 fully saturated rings. The highest BCUT2D eigenvalue weighted by molar-refractivity contribution is 5.89. The fourth-order valence-electron chi connectivity index (χ4n) is 3.20. The van der Waals surface area contributed by atoms with E-state index in [1.807, 2.05) is 10.6 Å². The third-order valence-electron chi connectivity index (χ3n) is 4.44. The van der Waals surface area contributed by atoms with Gasteiger partial charge in [-0.3, -0.25) is 4.57 Å². The SMILES string of the molecule is [C-]#[N+]c1ccc2c(c1)nc(Cc1cccc(F)c1)n2-c1cccc(C(=O)O)c1. The van der Waals surface area contributed by atoms with Crippen molar-refractivity contribution in [2.45, 2.75) is 6.42 Å². The van der Waals surface area contributed by atoms with Crippen molar-refractivity contribution < 1.29 is 14.3 Å². The average molecular weight is 371 g/mol. The minimum absolute atomic E-state index is 0.161. The number of fused-ring (bicyclic) bond motifs is 1. The first kappa shape index (κ1) is 17.4. The van der Waals surface area contributed by atoms with Crippen LogP contribution in [0.25, 0.3) is 21.6 Å². The normalized spacial score (nSPS) is 10.7. The van der Waals surface area contributed by atoms with E-state index in [9.17, 15) is 14.3 Å². The minimum Gasteiger partial charge on any atom is -0.478 e. The van der Waals surface area contributed by atoms with Crippen molar-refractivity contribution in [3.05, 3.63) is 101 Å². The van der Waals surface area contributed by atoms with E-state index in [0.717, 1.165) is 11.1 Å². The third kappa shape index (κ3) is 3.21. The topological polar surface area (TPSA) is 59.5 Å². The van der Waals surface area contributed by atoms with Gasteiger partial charge in [-0.1, -0.05) is 24.3 Å². The summed E-state index contributed by atoms with van der Waals surface area (Å²) in [4.78, 5) is 19.5. The number of aromatic carboxylic acids is 1. The van der Waals surface area contributed by atoms with Crippen LogP contribution in [0.4, 0.5) is 10.1 Å². The van der Waals surface area contributed by atoms with Gasteiger partial charge in [0.05, 0.1) is 23.2 Å². The summed E-state index contributed by atoms with van der Waals surface area (Å²) in [6, 6.07) is 18.0. The Kier molecular flexibility index (Phi) is 4.34. The van der Waals surface area contributed by atoms with E-state index in [0.29, 0.717) is 29.1 Å². The van der Waals surface area contributed by atoms with Crippen molar-refractivity contribution in [3.63, 3.8) is 0 Å². The zero-order valence-corrected chi connectivity index (χ0v) is 14.6. The molecule has 4 aromatic rings. The molecule has 0 saturated heterocycles. The maximum Gasteiger partial charge on any atom is 0.335 e. The zero-order chi connectivity index (χ0) is 19.7. The fourth-order valence-corrected chi connectivity index (χ4v) is 3.20. The van der Waals surface area contributed by atoms with Gasteiger partial charge in [0.2, 0.25) is 0 Å². The van der Waals surface area contributed by atoms with Crippen molar-refractivity contribution in [3.8, 4) is 5.69 Å². The molecule has 0 radical (unpaired) electrons. The summed E-state index contributed by atoms with van der Waals surface area (Å²) in [5.41, 5.74) is 3.39. The number of rotatable bonds is 4. The third-order valence-corrected chi connectivity index (χ3v) is 4.44. The van der Waals surface area contributed by atoms with Crippen LogP contribution in [0.5, 0.6) is 0 Å². The molecule has 136 valence electrons. The van der Waals surface area contributed by atoms with Gasteiger partial charge in [0.1, 0.15) is 11.6 Å². The highest BCUT2D eigenvalue weighted by Gasteiger charge is 2.15. The Morgan fingerprint density at radius 3 is 2.68 bits per heavy atom. The second-order valence-electron chi connectivity index (χ2n) is 6.31. The molecule has 0 aliphatic rings. The molecule has 5 nitrogen and oxygen atoms in total. The van der Waals surface area contributed by atoms with Crippen molar-refractivity contribution in [1.29, 1.82) is 0 Å². The van der Waals surface area contributed by atoms with Gasteiger partial charge in [0.25, 0.3) is 0 Å². The zero-order valence-electron chi connectivity index (χ0n) is 14.6. The summed E-state index contributed by atoms with van der Waals surface area (Å²) in [7, 11) is 0. The number of imidazole rings is 1. The molecule has 0 aliphatic heterocycles. The molecule has 1 heterocycles. The van der Waals surface area contributed by atoms with Crippen LogP contribution in [0.3, 0.4) is 0 Å². The molecule has 4 rings (SSSR count). The Morgan fingerprint density at radius 2 is 1.93 bits per heavy atom. The molecular weight excluding hydrogens is 357 g/mol. The summed E-state index contributed by atoms with van der Waals surface area (Å²) in [5, 5.41) is 9.32. The highest BCUT2D eigenvalue weighted by Crippen LogP contribution is 2.27. The van der Waals surface area contributed by atoms with E-state index in [1.165, 1.54) is 18.2 Å². The molecule has 0 saturated carbocycles. The van der Waals surface area contributed by atoms with E-state index in [-0.39, 0.29) is 11.4 Å². The molecular formula is C22H14FN3O2. The number of hydrogen-bond donors (Lipinski definition) is 1. The van der Waals surface area contributed by atoms with Crippen LogP contribution in [0.1, 0.15) is 21.7 Å². The van der Waals surface area contributed by atoms with Crippen LogP contribution in [0.15, 0.2) is 66.7 Å². The number of benzene rings is 3. The van der Waals surface area contributed by atoms with Crippen molar-refractivity contribution in [1.82, 2.24) is 9.55 Å². The van der Waals surface area contributed by atoms with Crippen LogP contribution in [-0.2, 0) is 6.42 Å². The lowest BCUT2D eigenvalue weighted by molar-refractivity contribution is 0.0697. The van der Waals surface area contributed by atoms with Gasteiger partial charge in [-0.05, 0) is 48.0 Å². The first-order valence-corrected chi connectivity index (χ1v) is 8.52. The second kappa shape index (κ2) is 6.97. The molecule has 3 aromatic carbocycles. The number of hydrogen-bond acceptors (Lipinski definition) is 2. The predicted octanol–water partition coefficient (Wildman–Crippen LogP) is 5.00. The van der Waals surface area contributed by atoms with Crippen LogP contribution in [0.2, 0.25) is 0 Å². The van der Waals surface area contributed by atoms with Gasteiger partial charge >= 0.3 is 5.97 Å². The number of aromatic nitrogens is 2. The summed E-state index contributed by atoms with van der Waals surface area (Å²) < 4.78 is 15.5. The molecule has 0 bridgehead atoms. The van der Waals surface area contributed by atoms with Gasteiger partial charge in [0, 0.05) is 12.1 Å². The standard InChI is InChI=1S/C22H14FN3O2/c1-24-17-8-9-20-19(13-17)25-21(11-14-4-2-6-16(23)10-14)26(20)18-7-3-5-15(12-18)22(27)28/h2-10,12-13H,11H2,(H,27,28). The molecule has 0 spiro atoms. The Balaban J connectivity index is 1.93. The van der Waals surface area contributed by atoms with Crippen LogP contribution < -0.4 is 0 Å². The maximum atomic E-state index is 13.6. The minimum atomic E-state index is -1.02. The highest BCUT2D eigenvalue weighted by atomic mass is 19.1. The predicted molar refractivity (Wildman–Crippen MR) is 103 cm³/mol. The van der Waals surface area contributed by atoms with Gasteiger partial charge in [0.15, 0.2) is 5.69 Å². The van der Waals surface area contributed by atoms with Gasteiger partial charge in [-0.2, -0.15) is 0 Å². The van der Waals surface area contributed by atoms with Crippen LogP contribution >= 0.6 is 0 Å². The fraction of sp³-hybridized carbons (Fsp3) is 0.0455. The number of halogens is 1. The van der Waals surface area contributed by atoms with Crippen molar-refractivity contribution >= 4 is 22.7 Å². The maximum absolute atomic E-state index is 13.6. The smallest absolute Gasteiger partial charge is 0.335 e. The second-order valence-corrected chi connectivity index (χ2v) is 6.31. The largest absolute Gasteiger partial charge is 0.478 e. The number of carboxylic acids is 1. The molecule has 1 N–H and O–H groups in total. The van der Waals surface area contributed by atoms with E-state index < -0.39 is 5.97 Å². The Hall–Kier alpha value is -3.98. The molecule has 0 amide bonds. The quantitative estimate of drug-likeness (QED) is 0.513. The number of carbonyl (C=O) groups is 1. The first-order chi connectivity index (χ1) is 13.5. The van der Waals surface area contributed by atoms with Crippen LogP contribution in [0, 0.1) is 12.4 Å². The monoisotopic (exact) mass is 371 g/mol.